The standard InChI is InChI=1S/C23H31N5O2/c1-17-14-24-22(25-19-8-12-30-13-9-19)26-21(17)28-11-10-27(16-28)15-18-6-4-5-7-20(18)23(2,3)29/h4-7,10-11,14,19,29H,8-9,12-13,15-16H2,1-3H3,(H,24,25,26). The van der Waals surface area contributed by atoms with Crippen LogP contribution in [-0.2, 0) is 16.9 Å². The number of aliphatic hydroxyl groups is 1. The van der Waals surface area contributed by atoms with Crippen molar-refractivity contribution in [1.82, 2.24) is 14.9 Å². The molecular formula is C23H31N5O2. The van der Waals surface area contributed by atoms with E-state index in [1.807, 2.05) is 45.2 Å². The van der Waals surface area contributed by atoms with Crippen molar-refractivity contribution in [2.24, 2.45) is 0 Å². The maximum Gasteiger partial charge on any atom is 0.224 e. The first kappa shape index (κ1) is 20.6. The highest BCUT2D eigenvalue weighted by molar-refractivity contribution is 5.52. The molecule has 0 spiro atoms. The molecule has 1 saturated heterocycles. The number of benzene rings is 1. The number of anilines is 2. The van der Waals surface area contributed by atoms with Crippen LogP contribution in [0.3, 0.4) is 0 Å². The van der Waals surface area contributed by atoms with Crippen molar-refractivity contribution in [3.05, 3.63) is 59.6 Å². The lowest BCUT2D eigenvalue weighted by Gasteiger charge is -2.26. The molecule has 1 aromatic heterocycles. The Kier molecular flexibility index (Phi) is 5.92. The number of hydrogen-bond acceptors (Lipinski definition) is 7. The quantitative estimate of drug-likeness (QED) is 0.758. The molecule has 0 bridgehead atoms. The number of aryl methyl sites for hydroxylation is 1. The smallest absolute Gasteiger partial charge is 0.224 e. The molecule has 30 heavy (non-hydrogen) atoms. The van der Waals surface area contributed by atoms with Gasteiger partial charge in [-0.1, -0.05) is 24.3 Å². The molecule has 0 unspecified atom stereocenters. The van der Waals surface area contributed by atoms with Crippen LogP contribution in [0.2, 0.25) is 0 Å². The number of rotatable bonds is 6. The fraction of sp³-hybridized carbons (Fsp3) is 0.478. The van der Waals surface area contributed by atoms with Crippen molar-refractivity contribution >= 4 is 11.8 Å². The number of aromatic nitrogens is 2. The summed E-state index contributed by atoms with van der Waals surface area (Å²) >= 11 is 0. The molecule has 2 aliphatic rings. The van der Waals surface area contributed by atoms with Crippen molar-refractivity contribution in [2.75, 3.05) is 30.1 Å². The normalized spacial score (nSPS) is 17.6. The van der Waals surface area contributed by atoms with E-state index in [0.717, 1.165) is 55.1 Å². The lowest BCUT2D eigenvalue weighted by molar-refractivity contribution is 0.0770. The average molecular weight is 410 g/mol. The molecule has 2 aliphatic heterocycles. The van der Waals surface area contributed by atoms with Crippen LogP contribution in [0.25, 0.3) is 0 Å². The van der Waals surface area contributed by atoms with Gasteiger partial charge in [0, 0.05) is 50.0 Å². The summed E-state index contributed by atoms with van der Waals surface area (Å²) in [6, 6.07) is 8.43. The van der Waals surface area contributed by atoms with Crippen LogP contribution >= 0.6 is 0 Å². The molecule has 2 N–H and O–H groups in total. The van der Waals surface area contributed by atoms with Crippen LogP contribution in [0.1, 0.15) is 43.4 Å². The Morgan fingerprint density at radius 1 is 1.20 bits per heavy atom. The highest BCUT2D eigenvalue weighted by atomic mass is 16.5. The van der Waals surface area contributed by atoms with Gasteiger partial charge in [0.2, 0.25) is 5.95 Å². The highest BCUT2D eigenvalue weighted by Crippen LogP contribution is 2.27. The third-order valence-electron chi connectivity index (χ3n) is 5.61. The van der Waals surface area contributed by atoms with E-state index >= 15 is 0 Å². The minimum Gasteiger partial charge on any atom is -0.386 e. The molecule has 0 radical (unpaired) electrons. The van der Waals surface area contributed by atoms with E-state index in [1.165, 1.54) is 0 Å². The van der Waals surface area contributed by atoms with E-state index in [2.05, 4.69) is 38.6 Å². The maximum absolute atomic E-state index is 10.5. The first-order chi connectivity index (χ1) is 14.4. The summed E-state index contributed by atoms with van der Waals surface area (Å²) in [6.45, 7) is 8.69. The fourth-order valence-corrected chi connectivity index (χ4v) is 4.00. The van der Waals surface area contributed by atoms with E-state index in [0.29, 0.717) is 18.7 Å². The summed E-state index contributed by atoms with van der Waals surface area (Å²) in [5, 5.41) is 13.9. The second-order valence-corrected chi connectivity index (χ2v) is 8.60. The molecule has 0 aliphatic carbocycles. The Morgan fingerprint density at radius 2 is 1.97 bits per heavy atom. The Balaban J connectivity index is 1.45. The van der Waals surface area contributed by atoms with Crippen LogP contribution in [-0.4, -0.2) is 45.9 Å². The maximum atomic E-state index is 10.5. The lowest BCUT2D eigenvalue weighted by Crippen LogP contribution is -2.30. The zero-order valence-corrected chi connectivity index (χ0v) is 18.0. The zero-order valence-electron chi connectivity index (χ0n) is 18.0. The molecular weight excluding hydrogens is 378 g/mol. The zero-order chi connectivity index (χ0) is 21.1. The van der Waals surface area contributed by atoms with Crippen LogP contribution in [0.5, 0.6) is 0 Å². The molecule has 4 rings (SSSR count). The molecule has 7 nitrogen and oxygen atoms in total. The van der Waals surface area contributed by atoms with Crippen molar-refractivity contribution in [2.45, 2.75) is 51.8 Å². The molecule has 1 fully saturated rings. The summed E-state index contributed by atoms with van der Waals surface area (Å²) in [6.07, 6.45) is 7.97. The Labute approximate surface area is 178 Å². The summed E-state index contributed by atoms with van der Waals surface area (Å²) in [5.41, 5.74) is 2.25. The van der Waals surface area contributed by atoms with Gasteiger partial charge in [-0.15, -0.1) is 0 Å². The van der Waals surface area contributed by atoms with Gasteiger partial charge in [0.05, 0.1) is 12.3 Å². The van der Waals surface area contributed by atoms with Crippen molar-refractivity contribution in [1.29, 1.82) is 0 Å². The summed E-state index contributed by atoms with van der Waals surface area (Å²) in [7, 11) is 0. The van der Waals surface area contributed by atoms with Crippen LogP contribution < -0.4 is 10.2 Å². The number of nitrogens with one attached hydrogen (secondary N) is 1. The van der Waals surface area contributed by atoms with Gasteiger partial charge in [0.15, 0.2) is 0 Å². The van der Waals surface area contributed by atoms with E-state index in [1.54, 1.807) is 0 Å². The third-order valence-corrected chi connectivity index (χ3v) is 5.61. The van der Waals surface area contributed by atoms with Crippen molar-refractivity contribution < 1.29 is 9.84 Å². The largest absolute Gasteiger partial charge is 0.386 e. The Morgan fingerprint density at radius 3 is 2.73 bits per heavy atom. The monoisotopic (exact) mass is 409 g/mol. The minimum absolute atomic E-state index is 0.360. The van der Waals surface area contributed by atoms with E-state index in [-0.39, 0.29) is 0 Å². The average Bonchev–Trinajstić information content (AvgIpc) is 3.18. The second-order valence-electron chi connectivity index (χ2n) is 8.60. The van der Waals surface area contributed by atoms with Gasteiger partial charge in [0.1, 0.15) is 5.82 Å². The number of nitrogens with zero attached hydrogens (tertiary/aromatic N) is 4. The highest BCUT2D eigenvalue weighted by Gasteiger charge is 2.23. The van der Waals surface area contributed by atoms with E-state index in [4.69, 9.17) is 9.72 Å². The van der Waals surface area contributed by atoms with Crippen LogP contribution in [0.15, 0.2) is 42.9 Å². The van der Waals surface area contributed by atoms with Crippen LogP contribution in [0, 0.1) is 6.92 Å². The van der Waals surface area contributed by atoms with E-state index in [9.17, 15) is 5.11 Å². The molecule has 1 aromatic carbocycles. The first-order valence-electron chi connectivity index (χ1n) is 10.6. The number of hydrogen-bond donors (Lipinski definition) is 2. The van der Waals surface area contributed by atoms with Gasteiger partial charge in [-0.2, -0.15) is 4.98 Å². The predicted octanol–water partition coefficient (Wildman–Crippen LogP) is 3.35. The van der Waals surface area contributed by atoms with Gasteiger partial charge < -0.3 is 25.0 Å². The van der Waals surface area contributed by atoms with E-state index < -0.39 is 5.60 Å². The lowest BCUT2D eigenvalue weighted by atomic mass is 9.93. The molecule has 0 saturated carbocycles. The summed E-state index contributed by atoms with van der Waals surface area (Å²) in [4.78, 5) is 13.6. The number of ether oxygens (including phenoxy) is 1. The second kappa shape index (κ2) is 8.62. The Hall–Kier alpha value is -2.64. The first-order valence-corrected chi connectivity index (χ1v) is 10.6. The van der Waals surface area contributed by atoms with Crippen molar-refractivity contribution in [3.63, 3.8) is 0 Å². The molecule has 0 atom stereocenters. The van der Waals surface area contributed by atoms with Gasteiger partial charge in [-0.05, 0) is 44.7 Å². The summed E-state index contributed by atoms with van der Waals surface area (Å²) < 4.78 is 5.43. The van der Waals surface area contributed by atoms with Gasteiger partial charge in [-0.3, -0.25) is 0 Å². The van der Waals surface area contributed by atoms with Gasteiger partial charge in [0.25, 0.3) is 0 Å². The minimum atomic E-state index is -0.867. The SMILES string of the molecule is Cc1cnc(NC2CCOCC2)nc1N1C=CN(Cc2ccccc2C(C)(C)O)C1. The summed E-state index contributed by atoms with van der Waals surface area (Å²) in [5.74, 6) is 1.58. The van der Waals surface area contributed by atoms with Crippen LogP contribution in [0.4, 0.5) is 11.8 Å². The molecule has 3 heterocycles. The molecule has 0 amide bonds. The molecule has 7 heteroatoms. The molecule has 2 aromatic rings. The third kappa shape index (κ3) is 4.74. The molecule has 160 valence electrons. The fourth-order valence-electron chi connectivity index (χ4n) is 4.00. The predicted molar refractivity (Wildman–Crippen MR) is 118 cm³/mol. The van der Waals surface area contributed by atoms with Gasteiger partial charge >= 0.3 is 0 Å². The van der Waals surface area contributed by atoms with Crippen molar-refractivity contribution in [3.8, 4) is 0 Å². The topological polar surface area (TPSA) is 73.8 Å². The Bertz CT molecular complexity index is 903. The van der Waals surface area contributed by atoms with Gasteiger partial charge in [-0.25, -0.2) is 4.98 Å².